The summed E-state index contributed by atoms with van der Waals surface area (Å²) in [5, 5.41) is 12.8. The maximum absolute atomic E-state index is 4.57. The lowest BCUT2D eigenvalue weighted by molar-refractivity contribution is 1.10. The van der Waals surface area contributed by atoms with Gasteiger partial charge >= 0.3 is 0 Å². The molecule has 4 rings (SSSR count). The molecule has 0 aliphatic rings. The van der Waals surface area contributed by atoms with Crippen LogP contribution >= 0.6 is 22.6 Å². The second-order valence-electron chi connectivity index (χ2n) is 4.87. The molecule has 2 aromatic heterocycles. The Hall–Kier alpha value is -2.22. The maximum atomic E-state index is 4.57. The number of hydrogen-bond acceptors (Lipinski definition) is 4. The molecule has 0 spiro atoms. The average molecular weight is 401 g/mol. The van der Waals surface area contributed by atoms with E-state index in [-0.39, 0.29) is 0 Å². The SMILES string of the molecule is CNc1nc2nnc(-c3ccccc3I)n2c2ccccc12. The molecule has 2 aromatic carbocycles. The average Bonchev–Trinajstić information content (AvgIpc) is 2.98. The third-order valence-corrected chi connectivity index (χ3v) is 4.55. The minimum Gasteiger partial charge on any atom is -0.372 e. The maximum Gasteiger partial charge on any atom is 0.257 e. The Balaban J connectivity index is 2.15. The molecule has 0 unspecified atom stereocenters. The van der Waals surface area contributed by atoms with Gasteiger partial charge in [-0.15, -0.1) is 10.2 Å². The molecular formula is C16H12IN5. The van der Waals surface area contributed by atoms with E-state index >= 15 is 0 Å². The van der Waals surface area contributed by atoms with Crippen LogP contribution in [0, 0.1) is 3.57 Å². The molecule has 1 N–H and O–H groups in total. The van der Waals surface area contributed by atoms with Crippen molar-refractivity contribution in [3.05, 3.63) is 52.1 Å². The minimum absolute atomic E-state index is 0.595. The molecule has 5 nitrogen and oxygen atoms in total. The van der Waals surface area contributed by atoms with Gasteiger partial charge in [0.1, 0.15) is 5.82 Å². The molecule has 0 radical (unpaired) electrons. The molecule has 0 saturated heterocycles. The molecule has 6 heteroatoms. The van der Waals surface area contributed by atoms with Crippen LogP contribution in [0.15, 0.2) is 48.5 Å². The smallest absolute Gasteiger partial charge is 0.257 e. The largest absolute Gasteiger partial charge is 0.372 e. The topological polar surface area (TPSA) is 55.1 Å². The Kier molecular flexibility index (Phi) is 3.18. The molecule has 22 heavy (non-hydrogen) atoms. The molecule has 0 aliphatic carbocycles. The van der Waals surface area contributed by atoms with E-state index < -0.39 is 0 Å². The van der Waals surface area contributed by atoms with Gasteiger partial charge in [-0.2, -0.15) is 4.98 Å². The summed E-state index contributed by atoms with van der Waals surface area (Å²) in [4.78, 5) is 4.57. The van der Waals surface area contributed by atoms with Gasteiger partial charge in [-0.25, -0.2) is 0 Å². The number of nitrogens with zero attached hydrogens (tertiary/aromatic N) is 4. The van der Waals surface area contributed by atoms with Crippen molar-refractivity contribution in [3.63, 3.8) is 0 Å². The van der Waals surface area contributed by atoms with E-state index in [4.69, 9.17) is 0 Å². The van der Waals surface area contributed by atoms with Crippen molar-refractivity contribution in [3.8, 4) is 11.4 Å². The highest BCUT2D eigenvalue weighted by molar-refractivity contribution is 14.1. The van der Waals surface area contributed by atoms with Crippen molar-refractivity contribution in [2.45, 2.75) is 0 Å². The number of benzene rings is 2. The van der Waals surface area contributed by atoms with Crippen LogP contribution in [0.4, 0.5) is 5.82 Å². The first-order valence-corrected chi connectivity index (χ1v) is 7.94. The molecule has 0 fully saturated rings. The first kappa shape index (κ1) is 13.4. The van der Waals surface area contributed by atoms with Gasteiger partial charge in [0.25, 0.3) is 5.78 Å². The number of halogens is 1. The van der Waals surface area contributed by atoms with Crippen molar-refractivity contribution in [1.29, 1.82) is 0 Å². The van der Waals surface area contributed by atoms with Crippen LogP contribution in [0.25, 0.3) is 28.1 Å². The Bertz CT molecular complexity index is 992. The van der Waals surface area contributed by atoms with Gasteiger partial charge in [0.05, 0.1) is 5.52 Å². The van der Waals surface area contributed by atoms with Gasteiger partial charge in [-0.05, 0) is 40.8 Å². The molecule has 2 heterocycles. The number of hydrogen-bond donors (Lipinski definition) is 1. The quantitative estimate of drug-likeness (QED) is 0.522. The minimum atomic E-state index is 0.595. The standard InChI is InChI=1S/C16H12IN5/c1-18-14-11-7-3-5-9-13(11)22-15(20-21-16(22)19-14)10-6-2-4-8-12(10)17/h2-9H,1H3,(H,18,19,21). The zero-order valence-corrected chi connectivity index (χ0v) is 13.9. The fraction of sp³-hybridized carbons (Fsp3) is 0.0625. The normalized spacial score (nSPS) is 11.2. The number of rotatable bonds is 2. The molecule has 0 saturated carbocycles. The van der Waals surface area contributed by atoms with Crippen molar-refractivity contribution in [2.24, 2.45) is 0 Å². The third kappa shape index (κ3) is 1.94. The zero-order chi connectivity index (χ0) is 15.1. The summed E-state index contributed by atoms with van der Waals surface area (Å²) in [6, 6.07) is 16.3. The molecule has 0 atom stereocenters. The van der Waals surface area contributed by atoms with Gasteiger partial charge in [0.15, 0.2) is 5.82 Å². The Morgan fingerprint density at radius 3 is 2.59 bits per heavy atom. The first-order valence-electron chi connectivity index (χ1n) is 6.86. The first-order chi connectivity index (χ1) is 10.8. The Morgan fingerprint density at radius 1 is 1.00 bits per heavy atom. The molecule has 108 valence electrons. The number of nitrogens with one attached hydrogen (secondary N) is 1. The number of aromatic nitrogens is 4. The Morgan fingerprint density at radius 2 is 1.77 bits per heavy atom. The highest BCUT2D eigenvalue weighted by Gasteiger charge is 2.15. The van der Waals surface area contributed by atoms with Crippen molar-refractivity contribution in [2.75, 3.05) is 12.4 Å². The summed E-state index contributed by atoms with van der Waals surface area (Å²) in [5.74, 6) is 2.22. The van der Waals surface area contributed by atoms with Crippen LogP contribution in [0.2, 0.25) is 0 Å². The van der Waals surface area contributed by atoms with Crippen LogP contribution in [0.1, 0.15) is 0 Å². The van der Waals surface area contributed by atoms with Gasteiger partial charge in [0, 0.05) is 21.6 Å². The monoisotopic (exact) mass is 401 g/mol. The van der Waals surface area contributed by atoms with Gasteiger partial charge in [-0.1, -0.05) is 30.3 Å². The lowest BCUT2D eigenvalue weighted by atomic mass is 10.2. The molecule has 4 aromatic rings. The van der Waals surface area contributed by atoms with Gasteiger partial charge < -0.3 is 5.32 Å². The summed E-state index contributed by atoms with van der Waals surface area (Å²) in [7, 11) is 1.86. The predicted molar refractivity (Wildman–Crippen MR) is 96.0 cm³/mol. The van der Waals surface area contributed by atoms with Crippen LogP contribution < -0.4 is 5.32 Å². The predicted octanol–water partition coefficient (Wildman–Crippen LogP) is 3.59. The Labute approximate surface area is 140 Å². The number of para-hydroxylation sites is 1. The lowest BCUT2D eigenvalue weighted by Crippen LogP contribution is -2.00. The van der Waals surface area contributed by atoms with Crippen LogP contribution in [-0.4, -0.2) is 26.6 Å². The number of anilines is 1. The zero-order valence-electron chi connectivity index (χ0n) is 11.8. The second-order valence-corrected chi connectivity index (χ2v) is 6.03. The lowest BCUT2D eigenvalue weighted by Gasteiger charge is -2.09. The van der Waals surface area contributed by atoms with Crippen molar-refractivity contribution >= 4 is 45.1 Å². The summed E-state index contributed by atoms with van der Waals surface area (Å²) < 4.78 is 3.14. The van der Waals surface area contributed by atoms with E-state index in [0.717, 1.165) is 31.7 Å². The molecule has 0 aliphatic heterocycles. The molecule has 0 bridgehead atoms. The van der Waals surface area contributed by atoms with Crippen molar-refractivity contribution < 1.29 is 0 Å². The molecule has 0 amide bonds. The summed E-state index contributed by atoms with van der Waals surface area (Å²) in [6.07, 6.45) is 0. The number of fused-ring (bicyclic) bond motifs is 3. The summed E-state index contributed by atoms with van der Waals surface area (Å²) in [6.45, 7) is 0. The molecular weight excluding hydrogens is 389 g/mol. The van der Waals surface area contributed by atoms with Gasteiger partial charge in [-0.3, -0.25) is 4.40 Å². The van der Waals surface area contributed by atoms with Crippen molar-refractivity contribution in [1.82, 2.24) is 19.6 Å². The van der Waals surface area contributed by atoms with E-state index in [0.29, 0.717) is 5.78 Å². The highest BCUT2D eigenvalue weighted by Crippen LogP contribution is 2.28. The van der Waals surface area contributed by atoms with E-state index in [1.807, 2.05) is 41.8 Å². The highest BCUT2D eigenvalue weighted by atomic mass is 127. The summed E-state index contributed by atoms with van der Waals surface area (Å²) >= 11 is 2.32. The van der Waals surface area contributed by atoms with E-state index in [9.17, 15) is 0 Å². The summed E-state index contributed by atoms with van der Waals surface area (Å²) in [5.41, 5.74) is 2.09. The second kappa shape index (κ2) is 5.20. The van der Waals surface area contributed by atoms with Gasteiger partial charge in [0.2, 0.25) is 0 Å². The fourth-order valence-corrected chi connectivity index (χ4v) is 3.24. The van der Waals surface area contributed by atoms with E-state index in [1.54, 1.807) is 0 Å². The fourth-order valence-electron chi connectivity index (χ4n) is 2.61. The van der Waals surface area contributed by atoms with Crippen LogP contribution in [0.3, 0.4) is 0 Å². The van der Waals surface area contributed by atoms with Crippen LogP contribution in [-0.2, 0) is 0 Å². The van der Waals surface area contributed by atoms with E-state index in [2.05, 4.69) is 61.3 Å². The van der Waals surface area contributed by atoms with Crippen LogP contribution in [0.5, 0.6) is 0 Å². The third-order valence-electron chi connectivity index (χ3n) is 3.61. The van der Waals surface area contributed by atoms with E-state index in [1.165, 1.54) is 0 Å².